The van der Waals surface area contributed by atoms with E-state index in [4.69, 9.17) is 0 Å². The molecule has 2 rings (SSSR count). The van der Waals surface area contributed by atoms with Crippen LogP contribution in [0.4, 0.5) is 0 Å². The van der Waals surface area contributed by atoms with Gasteiger partial charge in [0, 0.05) is 5.41 Å². The van der Waals surface area contributed by atoms with Gasteiger partial charge in [-0.05, 0) is 31.2 Å². The van der Waals surface area contributed by atoms with Gasteiger partial charge in [-0.15, -0.1) is 6.58 Å². The SMILES string of the molecule is C=CCCC(O)C1(c2ccccc2)CCCC1. The van der Waals surface area contributed by atoms with Gasteiger partial charge in [0.15, 0.2) is 0 Å². The van der Waals surface area contributed by atoms with E-state index in [0.29, 0.717) is 0 Å². The normalized spacial score (nSPS) is 20.1. The van der Waals surface area contributed by atoms with E-state index in [-0.39, 0.29) is 11.5 Å². The van der Waals surface area contributed by atoms with Crippen LogP contribution < -0.4 is 0 Å². The molecule has 1 aliphatic rings. The Morgan fingerprint density at radius 3 is 2.47 bits per heavy atom. The Hall–Kier alpha value is -1.08. The standard InChI is InChI=1S/C16H22O/c1-2-3-11-15(17)16(12-7-8-13-16)14-9-5-4-6-10-14/h2,4-6,9-10,15,17H,1,3,7-8,11-13H2. The van der Waals surface area contributed by atoms with Crippen molar-refractivity contribution in [1.82, 2.24) is 0 Å². The lowest BCUT2D eigenvalue weighted by molar-refractivity contribution is 0.0753. The van der Waals surface area contributed by atoms with Crippen molar-refractivity contribution >= 4 is 0 Å². The average molecular weight is 230 g/mol. The predicted molar refractivity (Wildman–Crippen MR) is 72.0 cm³/mol. The third kappa shape index (κ3) is 2.44. The van der Waals surface area contributed by atoms with Crippen LogP contribution in [-0.2, 0) is 5.41 Å². The Balaban J connectivity index is 2.23. The minimum atomic E-state index is -0.231. The number of rotatable bonds is 5. The summed E-state index contributed by atoms with van der Waals surface area (Å²) < 4.78 is 0. The first-order valence-electron chi connectivity index (χ1n) is 6.64. The van der Waals surface area contributed by atoms with Crippen molar-refractivity contribution in [3.63, 3.8) is 0 Å². The number of allylic oxidation sites excluding steroid dienone is 1. The fourth-order valence-corrected chi connectivity index (χ4v) is 3.14. The quantitative estimate of drug-likeness (QED) is 0.762. The summed E-state index contributed by atoms with van der Waals surface area (Å²) in [6.07, 6.45) is 8.11. The minimum absolute atomic E-state index is 0.00424. The zero-order chi connectivity index (χ0) is 12.1. The summed E-state index contributed by atoms with van der Waals surface area (Å²) in [4.78, 5) is 0. The van der Waals surface area contributed by atoms with Crippen LogP contribution in [0.2, 0.25) is 0 Å². The summed E-state index contributed by atoms with van der Waals surface area (Å²) >= 11 is 0. The lowest BCUT2D eigenvalue weighted by Crippen LogP contribution is -2.36. The van der Waals surface area contributed by atoms with E-state index in [1.54, 1.807) is 0 Å². The molecule has 0 bridgehead atoms. The molecule has 17 heavy (non-hydrogen) atoms. The number of benzene rings is 1. The summed E-state index contributed by atoms with van der Waals surface area (Å²) in [7, 11) is 0. The summed E-state index contributed by atoms with van der Waals surface area (Å²) in [5, 5.41) is 10.5. The molecule has 1 aliphatic carbocycles. The van der Waals surface area contributed by atoms with Crippen LogP contribution in [0.15, 0.2) is 43.0 Å². The van der Waals surface area contributed by atoms with Crippen molar-refractivity contribution < 1.29 is 5.11 Å². The number of hydrogen-bond donors (Lipinski definition) is 1. The molecular weight excluding hydrogens is 208 g/mol. The second-order valence-electron chi connectivity index (χ2n) is 5.11. The summed E-state index contributed by atoms with van der Waals surface area (Å²) in [5.41, 5.74) is 1.32. The molecule has 1 aromatic carbocycles. The molecule has 92 valence electrons. The third-order valence-corrected chi connectivity index (χ3v) is 4.13. The van der Waals surface area contributed by atoms with Crippen molar-refractivity contribution in [2.45, 2.75) is 50.0 Å². The maximum atomic E-state index is 10.5. The first-order chi connectivity index (χ1) is 8.29. The molecule has 1 aromatic rings. The van der Waals surface area contributed by atoms with Crippen LogP contribution >= 0.6 is 0 Å². The van der Waals surface area contributed by atoms with Gasteiger partial charge in [-0.2, -0.15) is 0 Å². The highest BCUT2D eigenvalue weighted by molar-refractivity contribution is 5.28. The van der Waals surface area contributed by atoms with Crippen molar-refractivity contribution in [2.75, 3.05) is 0 Å². The summed E-state index contributed by atoms with van der Waals surface area (Å²) in [6.45, 7) is 3.74. The largest absolute Gasteiger partial charge is 0.392 e. The molecule has 0 aliphatic heterocycles. The Kier molecular flexibility index (Phi) is 4.01. The molecule has 1 nitrogen and oxygen atoms in total. The van der Waals surface area contributed by atoms with E-state index < -0.39 is 0 Å². The predicted octanol–water partition coefficient (Wildman–Crippen LogP) is 3.83. The molecule has 1 saturated carbocycles. The average Bonchev–Trinajstić information content (AvgIpc) is 2.87. The molecule has 0 saturated heterocycles. The van der Waals surface area contributed by atoms with Gasteiger partial charge in [0.05, 0.1) is 6.10 Å². The van der Waals surface area contributed by atoms with Crippen LogP contribution in [0.25, 0.3) is 0 Å². The van der Waals surface area contributed by atoms with Gasteiger partial charge in [0.1, 0.15) is 0 Å². The van der Waals surface area contributed by atoms with Crippen LogP contribution in [-0.4, -0.2) is 11.2 Å². The van der Waals surface area contributed by atoms with E-state index in [9.17, 15) is 5.11 Å². The molecule has 0 heterocycles. The van der Waals surface area contributed by atoms with Gasteiger partial charge in [-0.25, -0.2) is 0 Å². The smallest absolute Gasteiger partial charge is 0.0639 e. The molecule has 0 amide bonds. The first kappa shape index (κ1) is 12.4. The van der Waals surface area contributed by atoms with Gasteiger partial charge < -0.3 is 5.11 Å². The van der Waals surface area contributed by atoms with Crippen molar-refractivity contribution in [3.8, 4) is 0 Å². The Bertz CT molecular complexity index is 349. The maximum absolute atomic E-state index is 10.5. The van der Waals surface area contributed by atoms with Gasteiger partial charge >= 0.3 is 0 Å². The zero-order valence-corrected chi connectivity index (χ0v) is 10.4. The molecule has 0 radical (unpaired) electrons. The molecule has 0 aromatic heterocycles. The minimum Gasteiger partial charge on any atom is -0.392 e. The summed E-state index contributed by atoms with van der Waals surface area (Å²) in [5.74, 6) is 0. The number of aliphatic hydroxyl groups is 1. The highest BCUT2D eigenvalue weighted by Gasteiger charge is 2.41. The Morgan fingerprint density at radius 2 is 1.88 bits per heavy atom. The van der Waals surface area contributed by atoms with Crippen LogP contribution in [0.3, 0.4) is 0 Å². The number of aliphatic hydroxyl groups excluding tert-OH is 1. The molecule has 1 heteroatoms. The fourth-order valence-electron chi connectivity index (χ4n) is 3.14. The van der Waals surface area contributed by atoms with E-state index in [1.165, 1.54) is 18.4 Å². The van der Waals surface area contributed by atoms with Gasteiger partial charge in [0.2, 0.25) is 0 Å². The second-order valence-corrected chi connectivity index (χ2v) is 5.11. The lowest BCUT2D eigenvalue weighted by atomic mass is 9.73. The van der Waals surface area contributed by atoms with Crippen molar-refractivity contribution in [3.05, 3.63) is 48.6 Å². The van der Waals surface area contributed by atoms with E-state index in [0.717, 1.165) is 25.7 Å². The molecule has 1 fully saturated rings. The van der Waals surface area contributed by atoms with E-state index in [2.05, 4.69) is 30.8 Å². The molecule has 1 atom stereocenters. The summed E-state index contributed by atoms with van der Waals surface area (Å²) in [6, 6.07) is 10.5. The highest BCUT2D eigenvalue weighted by Crippen LogP contribution is 2.44. The van der Waals surface area contributed by atoms with Crippen molar-refractivity contribution in [1.29, 1.82) is 0 Å². The van der Waals surface area contributed by atoms with Crippen LogP contribution in [0.5, 0.6) is 0 Å². The lowest BCUT2D eigenvalue weighted by Gasteiger charge is -2.35. The highest BCUT2D eigenvalue weighted by atomic mass is 16.3. The molecule has 1 N–H and O–H groups in total. The number of hydrogen-bond acceptors (Lipinski definition) is 1. The van der Waals surface area contributed by atoms with Gasteiger partial charge in [0.25, 0.3) is 0 Å². The zero-order valence-electron chi connectivity index (χ0n) is 10.4. The van der Waals surface area contributed by atoms with Gasteiger partial charge in [-0.1, -0.05) is 49.2 Å². The second kappa shape index (κ2) is 5.50. The monoisotopic (exact) mass is 230 g/mol. The van der Waals surface area contributed by atoms with E-state index >= 15 is 0 Å². The molecular formula is C16H22O. The molecule has 0 spiro atoms. The fraction of sp³-hybridized carbons (Fsp3) is 0.500. The topological polar surface area (TPSA) is 20.2 Å². The van der Waals surface area contributed by atoms with Crippen molar-refractivity contribution in [2.24, 2.45) is 0 Å². The third-order valence-electron chi connectivity index (χ3n) is 4.13. The van der Waals surface area contributed by atoms with Crippen LogP contribution in [0.1, 0.15) is 44.1 Å². The maximum Gasteiger partial charge on any atom is 0.0639 e. The first-order valence-corrected chi connectivity index (χ1v) is 6.64. The van der Waals surface area contributed by atoms with Crippen LogP contribution in [0, 0.1) is 0 Å². The van der Waals surface area contributed by atoms with E-state index in [1.807, 2.05) is 12.1 Å². The van der Waals surface area contributed by atoms with Gasteiger partial charge in [-0.3, -0.25) is 0 Å². The Labute approximate surface area is 104 Å². The molecule has 1 unspecified atom stereocenters. The Morgan fingerprint density at radius 1 is 1.24 bits per heavy atom.